The van der Waals surface area contributed by atoms with E-state index in [1.807, 2.05) is 18.2 Å². The molecule has 0 aromatic heterocycles. The summed E-state index contributed by atoms with van der Waals surface area (Å²) in [4.78, 5) is 11.4. The van der Waals surface area contributed by atoms with Crippen molar-refractivity contribution in [3.05, 3.63) is 33.3 Å². The van der Waals surface area contributed by atoms with Gasteiger partial charge in [-0.1, -0.05) is 27.5 Å². The first-order chi connectivity index (χ1) is 8.04. The van der Waals surface area contributed by atoms with Crippen LogP contribution in [0.25, 0.3) is 0 Å². The number of benzene rings is 1. The largest absolute Gasteiger partial charge is 0.465 e. The Bertz CT molecular complexity index is 398. The molecule has 1 aromatic rings. The number of carbonyl (C=O) groups is 1. The van der Waals surface area contributed by atoms with Crippen LogP contribution in [0.15, 0.2) is 22.7 Å². The molecule has 0 aliphatic carbocycles. The van der Waals surface area contributed by atoms with Crippen LogP contribution >= 0.6 is 27.5 Å². The van der Waals surface area contributed by atoms with E-state index in [1.165, 1.54) is 0 Å². The molecule has 0 amide bonds. The van der Waals surface area contributed by atoms with Crippen LogP contribution in [-0.4, -0.2) is 18.6 Å². The molecule has 1 rings (SSSR count). The lowest BCUT2D eigenvalue weighted by Crippen LogP contribution is -2.34. The van der Waals surface area contributed by atoms with Crippen LogP contribution < -0.4 is 5.32 Å². The number of hydrogen-bond acceptors (Lipinski definition) is 3. The summed E-state index contributed by atoms with van der Waals surface area (Å²) in [7, 11) is 0. The number of halogens is 2. The van der Waals surface area contributed by atoms with Crippen molar-refractivity contribution < 1.29 is 9.53 Å². The summed E-state index contributed by atoms with van der Waals surface area (Å²) in [5, 5.41) is 3.76. The fourth-order valence-corrected chi connectivity index (χ4v) is 1.87. The van der Waals surface area contributed by atoms with Gasteiger partial charge in [0.15, 0.2) is 0 Å². The monoisotopic (exact) mass is 319 g/mol. The molecule has 3 nitrogen and oxygen atoms in total. The van der Waals surface area contributed by atoms with Crippen molar-refractivity contribution in [3.8, 4) is 0 Å². The highest BCUT2D eigenvalue weighted by molar-refractivity contribution is 9.10. The number of carbonyl (C=O) groups excluding carboxylic acids is 1. The smallest absolute Gasteiger partial charge is 0.322 e. The van der Waals surface area contributed by atoms with Crippen molar-refractivity contribution in [2.45, 2.75) is 26.4 Å². The molecule has 1 unspecified atom stereocenters. The first-order valence-electron chi connectivity index (χ1n) is 5.38. The van der Waals surface area contributed by atoms with Crippen molar-refractivity contribution >= 4 is 33.5 Å². The van der Waals surface area contributed by atoms with Gasteiger partial charge in [0.1, 0.15) is 6.04 Å². The van der Waals surface area contributed by atoms with Gasteiger partial charge in [0.2, 0.25) is 0 Å². The molecule has 17 heavy (non-hydrogen) atoms. The maximum atomic E-state index is 11.4. The third-order valence-corrected chi connectivity index (χ3v) is 3.26. The Morgan fingerprint density at radius 2 is 2.29 bits per heavy atom. The molecule has 0 bridgehead atoms. The van der Waals surface area contributed by atoms with E-state index in [2.05, 4.69) is 21.2 Å². The molecule has 1 atom stereocenters. The van der Waals surface area contributed by atoms with Crippen LogP contribution in [0.5, 0.6) is 0 Å². The van der Waals surface area contributed by atoms with Crippen molar-refractivity contribution in [2.75, 3.05) is 6.61 Å². The number of ether oxygens (including phenoxy) is 1. The summed E-state index contributed by atoms with van der Waals surface area (Å²) in [6, 6.07) is 5.22. The number of nitrogens with one attached hydrogen (secondary N) is 1. The summed E-state index contributed by atoms with van der Waals surface area (Å²) in [6.07, 6.45) is 0. The highest BCUT2D eigenvalue weighted by atomic mass is 79.9. The lowest BCUT2D eigenvalue weighted by molar-refractivity contribution is -0.145. The minimum Gasteiger partial charge on any atom is -0.465 e. The lowest BCUT2D eigenvalue weighted by Gasteiger charge is -2.13. The standard InChI is InChI=1S/C12H15BrClNO2/c1-3-17-12(16)8(2)15-7-9-6-10(14)4-5-11(9)13/h4-6,8,15H,3,7H2,1-2H3. The summed E-state index contributed by atoms with van der Waals surface area (Å²) >= 11 is 9.34. The van der Waals surface area contributed by atoms with E-state index < -0.39 is 0 Å². The van der Waals surface area contributed by atoms with Crippen molar-refractivity contribution in [1.29, 1.82) is 0 Å². The van der Waals surface area contributed by atoms with Gasteiger partial charge in [-0.2, -0.15) is 0 Å². The van der Waals surface area contributed by atoms with E-state index in [0.29, 0.717) is 18.2 Å². The van der Waals surface area contributed by atoms with Crippen molar-refractivity contribution in [1.82, 2.24) is 5.32 Å². The average molecular weight is 321 g/mol. The van der Waals surface area contributed by atoms with Crippen molar-refractivity contribution in [2.24, 2.45) is 0 Å². The minimum absolute atomic E-state index is 0.245. The lowest BCUT2D eigenvalue weighted by atomic mass is 10.2. The summed E-state index contributed by atoms with van der Waals surface area (Å²) < 4.78 is 5.87. The Hall–Kier alpha value is -0.580. The average Bonchev–Trinajstić information content (AvgIpc) is 2.30. The molecule has 0 saturated heterocycles. The molecule has 0 spiro atoms. The summed E-state index contributed by atoms with van der Waals surface area (Å²) in [6.45, 7) is 4.52. The van der Waals surface area contributed by atoms with Gasteiger partial charge in [0.05, 0.1) is 6.61 Å². The van der Waals surface area contributed by atoms with Crippen LogP contribution in [0.2, 0.25) is 5.02 Å². The van der Waals surface area contributed by atoms with E-state index >= 15 is 0 Å². The third-order valence-electron chi connectivity index (χ3n) is 2.25. The van der Waals surface area contributed by atoms with Crippen LogP contribution in [0.4, 0.5) is 0 Å². The normalized spacial score (nSPS) is 12.2. The molecular formula is C12H15BrClNO2. The van der Waals surface area contributed by atoms with E-state index in [4.69, 9.17) is 16.3 Å². The Balaban J connectivity index is 2.55. The van der Waals surface area contributed by atoms with Gasteiger partial charge in [-0.15, -0.1) is 0 Å². The molecule has 0 saturated carbocycles. The van der Waals surface area contributed by atoms with Gasteiger partial charge in [0, 0.05) is 16.0 Å². The predicted molar refractivity (Wildman–Crippen MR) is 72.1 cm³/mol. The zero-order valence-corrected chi connectivity index (χ0v) is 12.1. The molecule has 1 N–H and O–H groups in total. The molecule has 0 radical (unpaired) electrons. The Morgan fingerprint density at radius 1 is 1.59 bits per heavy atom. The quantitative estimate of drug-likeness (QED) is 0.847. The summed E-state index contributed by atoms with van der Waals surface area (Å²) in [5.41, 5.74) is 1.01. The molecule has 5 heteroatoms. The zero-order chi connectivity index (χ0) is 12.8. The summed E-state index contributed by atoms with van der Waals surface area (Å²) in [5.74, 6) is -0.245. The first-order valence-corrected chi connectivity index (χ1v) is 6.55. The first kappa shape index (κ1) is 14.5. The topological polar surface area (TPSA) is 38.3 Å². The fraction of sp³-hybridized carbons (Fsp3) is 0.417. The van der Waals surface area contributed by atoms with Crippen LogP contribution in [0.1, 0.15) is 19.4 Å². The maximum absolute atomic E-state index is 11.4. The number of hydrogen-bond donors (Lipinski definition) is 1. The highest BCUT2D eigenvalue weighted by Gasteiger charge is 2.13. The zero-order valence-electron chi connectivity index (χ0n) is 9.80. The Kier molecular flexibility index (Phi) is 5.95. The molecule has 1 aromatic carbocycles. The molecular weight excluding hydrogens is 305 g/mol. The van der Waals surface area contributed by atoms with E-state index in [9.17, 15) is 4.79 Å². The van der Waals surface area contributed by atoms with Gasteiger partial charge in [-0.3, -0.25) is 4.79 Å². The van der Waals surface area contributed by atoms with Gasteiger partial charge < -0.3 is 10.1 Å². The van der Waals surface area contributed by atoms with Gasteiger partial charge in [-0.25, -0.2) is 0 Å². The Labute approximate surface area is 115 Å². The van der Waals surface area contributed by atoms with Gasteiger partial charge in [-0.05, 0) is 37.6 Å². The minimum atomic E-state index is -0.333. The fourth-order valence-electron chi connectivity index (χ4n) is 1.29. The van der Waals surface area contributed by atoms with Gasteiger partial charge in [0.25, 0.3) is 0 Å². The second-order valence-corrected chi connectivity index (χ2v) is 4.88. The number of rotatable bonds is 5. The number of esters is 1. The van der Waals surface area contributed by atoms with Gasteiger partial charge >= 0.3 is 5.97 Å². The van der Waals surface area contributed by atoms with Crippen LogP contribution in [0, 0.1) is 0 Å². The van der Waals surface area contributed by atoms with E-state index in [0.717, 1.165) is 10.0 Å². The SMILES string of the molecule is CCOC(=O)C(C)NCc1cc(Cl)ccc1Br. The van der Waals surface area contributed by atoms with E-state index in [-0.39, 0.29) is 12.0 Å². The van der Waals surface area contributed by atoms with Crippen molar-refractivity contribution in [3.63, 3.8) is 0 Å². The molecule has 0 heterocycles. The van der Waals surface area contributed by atoms with Crippen LogP contribution in [0.3, 0.4) is 0 Å². The molecule has 0 fully saturated rings. The predicted octanol–water partition coefficient (Wildman–Crippen LogP) is 3.14. The Morgan fingerprint density at radius 3 is 2.94 bits per heavy atom. The molecule has 0 aliphatic rings. The maximum Gasteiger partial charge on any atom is 0.322 e. The second-order valence-electron chi connectivity index (χ2n) is 3.59. The third kappa shape index (κ3) is 4.66. The highest BCUT2D eigenvalue weighted by Crippen LogP contribution is 2.21. The molecule has 0 aliphatic heterocycles. The van der Waals surface area contributed by atoms with E-state index in [1.54, 1.807) is 13.8 Å². The molecule has 94 valence electrons. The van der Waals surface area contributed by atoms with Crippen LogP contribution in [-0.2, 0) is 16.1 Å². The second kappa shape index (κ2) is 6.99.